The van der Waals surface area contributed by atoms with E-state index < -0.39 is 20.2 Å². The van der Waals surface area contributed by atoms with E-state index in [4.69, 9.17) is 42.7 Å². The van der Waals surface area contributed by atoms with Gasteiger partial charge in [-0.1, -0.05) is 0 Å². The van der Waals surface area contributed by atoms with Crippen LogP contribution < -0.4 is 5.09 Å². The van der Waals surface area contributed by atoms with Gasteiger partial charge in [0, 0.05) is 31.4 Å². The summed E-state index contributed by atoms with van der Waals surface area (Å²) in [5.41, 5.74) is 0. The van der Waals surface area contributed by atoms with Crippen LogP contribution in [0, 0.1) is 0 Å². The van der Waals surface area contributed by atoms with Gasteiger partial charge in [0.2, 0.25) is 0 Å². The number of carbonyl (C=O) groups is 1. The number of carboxylic acids is 1. The van der Waals surface area contributed by atoms with Gasteiger partial charge in [-0.05, 0) is 6.42 Å². The summed E-state index contributed by atoms with van der Waals surface area (Å²) in [6.45, 7) is 1.53. The number of aliphatic hydroxyl groups excluding tert-OH is 1. The molecule has 1 unspecified atom stereocenters. The predicted molar refractivity (Wildman–Crippen MR) is 84.5 cm³/mol. The molecule has 0 aliphatic carbocycles. The maximum absolute atomic E-state index is 12.2. The molecular weight excluding hydrogens is 541 g/mol. The molecule has 0 aromatic rings. The molecule has 13 heteroatoms. The van der Waals surface area contributed by atoms with Gasteiger partial charge in [-0.3, -0.25) is 4.57 Å². The minimum atomic E-state index is -2.84. The summed E-state index contributed by atoms with van der Waals surface area (Å²) in [4.78, 5) is 9.12. The van der Waals surface area contributed by atoms with Gasteiger partial charge in [0.1, 0.15) is 6.61 Å². The molecule has 1 aliphatic heterocycles. The normalized spacial score (nSPS) is 19.6. The Kier molecular flexibility index (Phi) is 25.1. The fourth-order valence-corrected chi connectivity index (χ4v) is 3.92. The van der Waals surface area contributed by atoms with Crippen LogP contribution in [0.4, 0.5) is 0 Å². The number of nitrogens with zero attached hydrogens (tertiary/aromatic N) is 1. The standard InChI is InChI=1S/C7H15Cl2N2O2P.C2H4O3.2H2N.Pt/c8-2-5-11(6-3-9)14(12)10-4-1-7-13-14;3-1-2(4)5;;;/h1-7H2,(H,10,12);3H,1H2,(H,4,5);2*1H2;/q;;2*-1;+2. The van der Waals surface area contributed by atoms with Gasteiger partial charge in [0.05, 0.1) is 6.61 Å². The predicted octanol–water partition coefficient (Wildman–Crippen LogP) is 2.38. The van der Waals surface area contributed by atoms with Crippen molar-refractivity contribution in [3.63, 3.8) is 0 Å². The monoisotopic (exact) mass is 563 g/mol. The molecule has 1 heterocycles. The average molecular weight is 564 g/mol. The first-order chi connectivity index (χ1) is 9.00. The van der Waals surface area contributed by atoms with Crippen LogP contribution in [0.3, 0.4) is 0 Å². The second-order valence-electron chi connectivity index (χ2n) is 3.50. The minimum Gasteiger partial charge on any atom is -0.693 e. The number of aliphatic carboxylic acids is 1. The van der Waals surface area contributed by atoms with Crippen LogP contribution in [0.2, 0.25) is 0 Å². The third-order valence-electron chi connectivity index (χ3n) is 2.09. The Bertz CT molecular complexity index is 304. The zero-order chi connectivity index (χ0) is 14.7. The Morgan fingerprint density at radius 1 is 1.27 bits per heavy atom. The van der Waals surface area contributed by atoms with Gasteiger partial charge < -0.3 is 27.0 Å². The number of carboxylic acid groups (broad SMARTS) is 1. The molecule has 1 saturated heterocycles. The fourth-order valence-electron chi connectivity index (χ4n) is 1.28. The zero-order valence-corrected chi connectivity index (χ0v) is 16.6. The van der Waals surface area contributed by atoms with Gasteiger partial charge >= 0.3 is 34.7 Å². The van der Waals surface area contributed by atoms with Crippen molar-refractivity contribution in [1.29, 1.82) is 0 Å². The Labute approximate surface area is 155 Å². The summed E-state index contributed by atoms with van der Waals surface area (Å²) >= 11 is 11.2. The summed E-state index contributed by atoms with van der Waals surface area (Å²) in [7, 11) is -2.84. The van der Waals surface area contributed by atoms with Crippen LogP contribution in [0.25, 0.3) is 12.3 Å². The Morgan fingerprint density at radius 3 is 2.00 bits per heavy atom. The fraction of sp³-hybridized carbons (Fsp3) is 0.889. The van der Waals surface area contributed by atoms with E-state index >= 15 is 0 Å². The Balaban J connectivity index is -0.000000179. The Hall–Kier alpha value is 0.728. The van der Waals surface area contributed by atoms with E-state index in [1.54, 1.807) is 4.67 Å². The molecular formula is C9H23Cl2N4O5PPt. The number of hydrogen-bond donors (Lipinski definition) is 3. The first kappa shape index (κ1) is 30.6. The van der Waals surface area contributed by atoms with Crippen molar-refractivity contribution in [1.82, 2.24) is 9.76 Å². The molecule has 0 aromatic heterocycles. The number of hydrogen-bond acceptors (Lipinski definition) is 4. The average Bonchev–Trinajstić information content (AvgIpc) is 2.40. The van der Waals surface area contributed by atoms with Gasteiger partial charge in [0.25, 0.3) is 0 Å². The number of halogens is 2. The van der Waals surface area contributed by atoms with E-state index in [2.05, 4.69) is 5.09 Å². The molecule has 0 bridgehead atoms. The smallest absolute Gasteiger partial charge is 0.693 e. The topological polar surface area (TPSA) is 166 Å². The van der Waals surface area contributed by atoms with Crippen molar-refractivity contribution in [2.45, 2.75) is 6.42 Å². The molecule has 0 aromatic carbocycles. The number of alkyl halides is 2. The van der Waals surface area contributed by atoms with Gasteiger partial charge in [-0.25, -0.2) is 14.6 Å². The Morgan fingerprint density at radius 2 is 1.73 bits per heavy atom. The summed E-state index contributed by atoms with van der Waals surface area (Å²) < 4.78 is 19.2. The summed E-state index contributed by atoms with van der Waals surface area (Å²) in [6, 6.07) is 0. The summed E-state index contributed by atoms with van der Waals surface area (Å²) in [5.74, 6) is -0.345. The molecule has 9 nitrogen and oxygen atoms in total. The van der Waals surface area contributed by atoms with Crippen molar-refractivity contribution in [3.05, 3.63) is 12.3 Å². The number of rotatable bonds is 6. The van der Waals surface area contributed by atoms with Gasteiger partial charge in [-0.15, -0.1) is 23.2 Å². The van der Waals surface area contributed by atoms with Crippen LogP contribution in [0.15, 0.2) is 0 Å². The maximum atomic E-state index is 12.2. The molecule has 0 amide bonds. The third-order valence-corrected chi connectivity index (χ3v) is 4.73. The van der Waals surface area contributed by atoms with Crippen LogP contribution in [0.5, 0.6) is 0 Å². The largest absolute Gasteiger partial charge is 2.00 e. The molecule has 0 radical (unpaired) electrons. The molecule has 7 N–H and O–H groups in total. The first-order valence-corrected chi connectivity index (χ1v) is 8.34. The van der Waals surface area contributed by atoms with Crippen molar-refractivity contribution >= 4 is 36.8 Å². The number of aliphatic hydroxyl groups is 1. The van der Waals surface area contributed by atoms with Crippen LogP contribution in [-0.4, -0.2) is 65.5 Å². The third kappa shape index (κ3) is 13.2. The first-order valence-electron chi connectivity index (χ1n) is 5.70. The number of nitrogens with one attached hydrogen (secondary N) is 1. The second kappa shape index (κ2) is 18.1. The van der Waals surface area contributed by atoms with E-state index in [1.807, 2.05) is 0 Å². The van der Waals surface area contributed by atoms with Crippen molar-refractivity contribution < 1.29 is 45.2 Å². The maximum Gasteiger partial charge on any atom is 2.00 e. The van der Waals surface area contributed by atoms with Crippen molar-refractivity contribution in [2.24, 2.45) is 0 Å². The van der Waals surface area contributed by atoms with Crippen molar-refractivity contribution in [2.75, 3.05) is 44.6 Å². The molecule has 0 spiro atoms. The van der Waals surface area contributed by atoms with Crippen molar-refractivity contribution in [3.8, 4) is 0 Å². The molecule has 22 heavy (non-hydrogen) atoms. The van der Waals surface area contributed by atoms with Crippen LogP contribution in [0.1, 0.15) is 6.42 Å². The minimum absolute atomic E-state index is 0. The van der Waals surface area contributed by atoms with Crippen LogP contribution >= 0.6 is 30.9 Å². The SMILES string of the molecule is O=C(O)CO.O=P1(N(CCCl)CCCl)NCCCO1.[NH2-].[NH2-].[Pt+2]. The summed E-state index contributed by atoms with van der Waals surface area (Å²) in [5, 5.41) is 17.9. The second-order valence-corrected chi connectivity index (χ2v) is 6.44. The van der Waals surface area contributed by atoms with E-state index in [0.717, 1.165) is 13.0 Å². The molecule has 138 valence electrons. The molecule has 1 rings (SSSR count). The van der Waals surface area contributed by atoms with Crippen LogP contribution in [-0.2, 0) is 34.9 Å². The zero-order valence-electron chi connectivity index (χ0n) is 11.9. The quantitative estimate of drug-likeness (QED) is 0.329. The molecule has 1 atom stereocenters. The van der Waals surface area contributed by atoms with E-state index in [-0.39, 0.29) is 33.4 Å². The van der Waals surface area contributed by atoms with E-state index in [1.165, 1.54) is 0 Å². The summed E-state index contributed by atoms with van der Waals surface area (Å²) in [6.07, 6.45) is 0.888. The molecule has 0 saturated carbocycles. The molecule has 1 fully saturated rings. The van der Waals surface area contributed by atoms with Gasteiger partial charge in [-0.2, -0.15) is 0 Å². The molecule has 1 aliphatic rings. The van der Waals surface area contributed by atoms with E-state index in [9.17, 15) is 4.57 Å². The van der Waals surface area contributed by atoms with Gasteiger partial charge in [0.15, 0.2) is 0 Å². The van der Waals surface area contributed by atoms with E-state index in [0.29, 0.717) is 31.5 Å². The number of nitrogens with two attached hydrogens (primary N) is 2.